The topological polar surface area (TPSA) is 44.4 Å². The number of carbonyl (C=O) groups is 1. The van der Waals surface area contributed by atoms with E-state index in [9.17, 15) is 4.79 Å². The Kier molecular flexibility index (Phi) is 12.0. The Morgan fingerprint density at radius 2 is 1.78 bits per heavy atom. The fourth-order valence-electron chi connectivity index (χ4n) is 4.00. The average Bonchev–Trinajstić information content (AvgIpc) is 3.03. The second kappa shape index (κ2) is 13.4. The Morgan fingerprint density at radius 1 is 1.07 bits per heavy atom. The van der Waals surface area contributed by atoms with Gasteiger partial charge in [0.15, 0.2) is 0 Å². The molecule has 1 aromatic rings. The Morgan fingerprint density at radius 3 is 2.44 bits per heavy atom. The molecule has 2 saturated heterocycles. The zero-order chi connectivity index (χ0) is 17.3. The molecular weight excluding hydrogens is 381 g/mol. The van der Waals surface area contributed by atoms with Crippen molar-refractivity contribution in [3.8, 4) is 0 Å². The lowest BCUT2D eigenvalue weighted by molar-refractivity contribution is -0.121. The lowest BCUT2D eigenvalue weighted by Gasteiger charge is -2.21. The van der Waals surface area contributed by atoms with Crippen molar-refractivity contribution in [2.45, 2.75) is 58.0 Å². The van der Waals surface area contributed by atoms with E-state index in [4.69, 9.17) is 0 Å². The summed E-state index contributed by atoms with van der Waals surface area (Å²) >= 11 is 0. The van der Waals surface area contributed by atoms with Gasteiger partial charge >= 0.3 is 0 Å². The van der Waals surface area contributed by atoms with Gasteiger partial charge in [0, 0.05) is 19.5 Å². The van der Waals surface area contributed by atoms with Gasteiger partial charge in [-0.15, -0.1) is 24.8 Å². The molecular formula is C21H35Cl2N3O. The maximum Gasteiger partial charge on any atom is 0.220 e. The number of hydrogen-bond donors (Lipinski definition) is 2. The van der Waals surface area contributed by atoms with Crippen LogP contribution in [-0.4, -0.2) is 37.0 Å². The molecule has 2 heterocycles. The smallest absolute Gasteiger partial charge is 0.220 e. The van der Waals surface area contributed by atoms with Gasteiger partial charge in [0.2, 0.25) is 5.91 Å². The van der Waals surface area contributed by atoms with E-state index < -0.39 is 0 Å². The second-order valence-corrected chi connectivity index (χ2v) is 7.63. The van der Waals surface area contributed by atoms with Crippen molar-refractivity contribution in [1.82, 2.24) is 15.5 Å². The average molecular weight is 416 g/mol. The molecule has 0 aliphatic carbocycles. The zero-order valence-corrected chi connectivity index (χ0v) is 17.9. The maximum absolute atomic E-state index is 12.2. The summed E-state index contributed by atoms with van der Waals surface area (Å²) in [5.74, 6) is 0.873. The Bertz CT molecular complexity index is 542. The predicted molar refractivity (Wildman–Crippen MR) is 117 cm³/mol. The number of benzene rings is 1. The molecule has 6 heteroatoms. The number of halogens is 2. The van der Waals surface area contributed by atoms with E-state index in [1.54, 1.807) is 0 Å². The van der Waals surface area contributed by atoms with Crippen molar-refractivity contribution in [2.75, 3.05) is 26.2 Å². The van der Waals surface area contributed by atoms with E-state index in [1.165, 1.54) is 56.3 Å². The first kappa shape index (κ1) is 24.2. The van der Waals surface area contributed by atoms with Crippen LogP contribution in [0.3, 0.4) is 0 Å². The first-order valence-electron chi connectivity index (χ1n) is 10.1. The standard InChI is InChI=1S/C21H33N3O.2ClH/c25-21(10-9-18-11-12-22-15-18)23-16-19-7-3-4-8-20(19)17-24-13-5-1-2-6-14-24;;/h3-4,7-8,18,22H,1-2,5-6,9-17H2,(H,23,25);2*1H. The van der Waals surface area contributed by atoms with Crippen molar-refractivity contribution in [2.24, 2.45) is 5.92 Å². The highest BCUT2D eigenvalue weighted by Crippen LogP contribution is 2.17. The van der Waals surface area contributed by atoms with Gasteiger partial charge in [-0.05, 0) is 68.9 Å². The van der Waals surface area contributed by atoms with Crippen molar-refractivity contribution >= 4 is 30.7 Å². The summed E-state index contributed by atoms with van der Waals surface area (Å²) in [6.45, 7) is 6.26. The molecule has 1 atom stereocenters. The molecule has 2 aliphatic rings. The largest absolute Gasteiger partial charge is 0.352 e. The minimum absolute atomic E-state index is 0. The summed E-state index contributed by atoms with van der Waals surface area (Å²) in [5.41, 5.74) is 2.63. The van der Waals surface area contributed by atoms with Crippen molar-refractivity contribution in [3.05, 3.63) is 35.4 Å². The summed E-state index contributed by atoms with van der Waals surface area (Å²) in [7, 11) is 0. The summed E-state index contributed by atoms with van der Waals surface area (Å²) < 4.78 is 0. The van der Waals surface area contributed by atoms with Gasteiger partial charge < -0.3 is 10.6 Å². The molecule has 1 unspecified atom stereocenters. The van der Waals surface area contributed by atoms with Gasteiger partial charge in [0.1, 0.15) is 0 Å². The van der Waals surface area contributed by atoms with Crippen LogP contribution >= 0.6 is 24.8 Å². The number of carbonyl (C=O) groups excluding carboxylic acids is 1. The second-order valence-electron chi connectivity index (χ2n) is 7.63. The molecule has 0 spiro atoms. The van der Waals surface area contributed by atoms with E-state index in [0.717, 1.165) is 26.1 Å². The lowest BCUT2D eigenvalue weighted by atomic mass is 10.0. The molecule has 0 saturated carbocycles. The van der Waals surface area contributed by atoms with Gasteiger partial charge in [0.05, 0.1) is 0 Å². The van der Waals surface area contributed by atoms with Crippen LogP contribution in [0.5, 0.6) is 0 Å². The first-order valence-corrected chi connectivity index (χ1v) is 10.1. The highest BCUT2D eigenvalue weighted by atomic mass is 35.5. The van der Waals surface area contributed by atoms with E-state index in [1.807, 2.05) is 0 Å². The number of hydrogen-bond acceptors (Lipinski definition) is 3. The summed E-state index contributed by atoms with van der Waals surface area (Å²) in [6.07, 6.45) is 8.24. The van der Waals surface area contributed by atoms with E-state index in [2.05, 4.69) is 39.8 Å². The molecule has 0 radical (unpaired) electrons. The van der Waals surface area contributed by atoms with Crippen molar-refractivity contribution in [1.29, 1.82) is 0 Å². The SMILES string of the molecule is Cl.Cl.O=C(CCC1CCNC1)NCc1ccccc1CN1CCCCCC1. The van der Waals surface area contributed by atoms with Crippen molar-refractivity contribution < 1.29 is 4.79 Å². The van der Waals surface area contributed by atoms with Crippen molar-refractivity contribution in [3.63, 3.8) is 0 Å². The van der Waals surface area contributed by atoms with Gasteiger partial charge in [0.25, 0.3) is 0 Å². The number of amides is 1. The number of nitrogens with one attached hydrogen (secondary N) is 2. The van der Waals surface area contributed by atoms with E-state index in [0.29, 0.717) is 18.9 Å². The summed E-state index contributed by atoms with van der Waals surface area (Å²) in [6, 6.07) is 8.58. The van der Waals surface area contributed by atoms with E-state index in [-0.39, 0.29) is 30.7 Å². The predicted octanol–water partition coefficient (Wildman–Crippen LogP) is 3.91. The molecule has 154 valence electrons. The van der Waals surface area contributed by atoms with Gasteiger partial charge in [-0.2, -0.15) is 0 Å². The third kappa shape index (κ3) is 8.39. The lowest BCUT2D eigenvalue weighted by Crippen LogP contribution is -2.27. The molecule has 0 aromatic heterocycles. The quantitative estimate of drug-likeness (QED) is 0.709. The molecule has 2 aliphatic heterocycles. The Hall–Kier alpha value is -0.810. The molecule has 2 fully saturated rings. The van der Waals surface area contributed by atoms with Crippen LogP contribution in [0.1, 0.15) is 56.1 Å². The minimum atomic E-state index is 0. The third-order valence-electron chi connectivity index (χ3n) is 5.63. The molecule has 2 N–H and O–H groups in total. The number of rotatable bonds is 7. The molecule has 0 bridgehead atoms. The highest BCUT2D eigenvalue weighted by Gasteiger charge is 2.16. The molecule has 4 nitrogen and oxygen atoms in total. The summed E-state index contributed by atoms with van der Waals surface area (Å²) in [5, 5.41) is 6.50. The van der Waals surface area contributed by atoms with Crippen LogP contribution < -0.4 is 10.6 Å². The van der Waals surface area contributed by atoms with Crippen LogP contribution in [0.25, 0.3) is 0 Å². The first-order chi connectivity index (χ1) is 12.3. The van der Waals surface area contributed by atoms with E-state index >= 15 is 0 Å². The van der Waals surface area contributed by atoms with Gasteiger partial charge in [-0.3, -0.25) is 9.69 Å². The van der Waals surface area contributed by atoms with Crippen LogP contribution in [0.15, 0.2) is 24.3 Å². The normalized spacial score (nSPS) is 20.2. The van der Waals surface area contributed by atoms with Crippen LogP contribution in [-0.2, 0) is 17.9 Å². The van der Waals surface area contributed by atoms with Crippen LogP contribution in [0.2, 0.25) is 0 Å². The van der Waals surface area contributed by atoms with Gasteiger partial charge in [-0.25, -0.2) is 0 Å². The Balaban J connectivity index is 0.00000182. The molecule has 1 aromatic carbocycles. The van der Waals surface area contributed by atoms with Crippen LogP contribution in [0, 0.1) is 5.92 Å². The molecule has 1 amide bonds. The minimum Gasteiger partial charge on any atom is -0.352 e. The molecule has 27 heavy (non-hydrogen) atoms. The molecule has 3 rings (SSSR count). The third-order valence-corrected chi connectivity index (χ3v) is 5.63. The maximum atomic E-state index is 12.2. The summed E-state index contributed by atoms with van der Waals surface area (Å²) in [4.78, 5) is 14.7. The number of likely N-dealkylation sites (tertiary alicyclic amines) is 1. The van der Waals surface area contributed by atoms with Gasteiger partial charge in [-0.1, -0.05) is 37.1 Å². The number of nitrogens with zero attached hydrogens (tertiary/aromatic N) is 1. The monoisotopic (exact) mass is 415 g/mol. The fraction of sp³-hybridized carbons (Fsp3) is 0.667. The Labute approximate surface area is 176 Å². The zero-order valence-electron chi connectivity index (χ0n) is 16.3. The highest BCUT2D eigenvalue weighted by molar-refractivity contribution is 5.85. The fourth-order valence-corrected chi connectivity index (χ4v) is 4.00. The van der Waals surface area contributed by atoms with Crippen LogP contribution in [0.4, 0.5) is 0 Å².